The number of thiocarbonyl (C=S) groups is 1. The summed E-state index contributed by atoms with van der Waals surface area (Å²) in [6, 6.07) is 23.1. The maximum Gasteiger partial charge on any atom is 0.253 e. The van der Waals surface area contributed by atoms with Crippen molar-refractivity contribution < 1.29 is 14.2 Å². The normalized spacial score (nSPS) is 12.3. The van der Waals surface area contributed by atoms with Gasteiger partial charge in [0, 0.05) is 29.2 Å². The van der Waals surface area contributed by atoms with Crippen LogP contribution in [0.5, 0.6) is 17.2 Å². The minimum absolute atomic E-state index is 0.170. The fourth-order valence-electron chi connectivity index (χ4n) is 3.99. The number of aromatic nitrogens is 1. The van der Waals surface area contributed by atoms with Gasteiger partial charge >= 0.3 is 0 Å². The lowest BCUT2D eigenvalue weighted by molar-refractivity contribution is 0.172. The van der Waals surface area contributed by atoms with Gasteiger partial charge in [-0.15, -0.1) is 0 Å². The summed E-state index contributed by atoms with van der Waals surface area (Å²) in [7, 11) is 1.64. The number of aromatic amines is 1. The summed E-state index contributed by atoms with van der Waals surface area (Å²) >= 11 is 5.76. The Kier molecular flexibility index (Phi) is 6.54. The fraction of sp³-hybridized carbons (Fsp3) is 0.185. The van der Waals surface area contributed by atoms with E-state index in [0.29, 0.717) is 54.0 Å². The highest BCUT2D eigenvalue weighted by Gasteiger charge is 2.17. The van der Waals surface area contributed by atoms with Crippen molar-refractivity contribution in [3.05, 3.63) is 94.3 Å². The summed E-state index contributed by atoms with van der Waals surface area (Å²) in [5.74, 6) is 2.10. The molecule has 35 heavy (non-hydrogen) atoms. The lowest BCUT2D eigenvalue weighted by Crippen LogP contribution is -2.35. The van der Waals surface area contributed by atoms with E-state index in [-0.39, 0.29) is 5.56 Å². The quantitative estimate of drug-likeness (QED) is 0.382. The molecule has 0 saturated carbocycles. The Morgan fingerprint density at radius 1 is 1.00 bits per heavy atom. The van der Waals surface area contributed by atoms with Crippen LogP contribution < -0.4 is 25.1 Å². The Morgan fingerprint density at radius 2 is 1.71 bits per heavy atom. The van der Waals surface area contributed by atoms with Crippen molar-refractivity contribution in [2.24, 2.45) is 0 Å². The molecule has 0 bridgehead atoms. The Hall–Kier alpha value is -4.04. The minimum atomic E-state index is -0.170. The van der Waals surface area contributed by atoms with Gasteiger partial charge in [0.1, 0.15) is 19.0 Å². The van der Waals surface area contributed by atoms with Crippen LogP contribution in [0.15, 0.2) is 77.6 Å². The van der Waals surface area contributed by atoms with Gasteiger partial charge < -0.3 is 29.4 Å². The predicted molar refractivity (Wildman–Crippen MR) is 140 cm³/mol. The van der Waals surface area contributed by atoms with Gasteiger partial charge in [0.25, 0.3) is 5.56 Å². The molecule has 0 aliphatic carbocycles. The molecule has 0 spiro atoms. The first-order chi connectivity index (χ1) is 17.1. The van der Waals surface area contributed by atoms with E-state index < -0.39 is 0 Å². The number of para-hydroxylation sites is 1. The highest BCUT2D eigenvalue weighted by Crippen LogP contribution is 2.33. The Morgan fingerprint density at radius 3 is 2.43 bits per heavy atom. The number of benzene rings is 3. The van der Waals surface area contributed by atoms with E-state index in [1.165, 1.54) is 0 Å². The van der Waals surface area contributed by atoms with E-state index in [2.05, 4.69) is 10.3 Å². The molecule has 7 nitrogen and oxygen atoms in total. The van der Waals surface area contributed by atoms with Crippen molar-refractivity contribution in [3.8, 4) is 17.2 Å². The van der Waals surface area contributed by atoms with Crippen LogP contribution in [-0.2, 0) is 13.1 Å². The van der Waals surface area contributed by atoms with E-state index in [1.807, 2.05) is 77.7 Å². The van der Waals surface area contributed by atoms with E-state index >= 15 is 0 Å². The predicted octanol–water partition coefficient (Wildman–Crippen LogP) is 4.71. The molecule has 2 N–H and O–H groups in total. The number of pyridine rings is 1. The third-order valence-electron chi connectivity index (χ3n) is 5.79. The minimum Gasteiger partial charge on any atom is -0.497 e. The van der Waals surface area contributed by atoms with Crippen molar-refractivity contribution in [1.82, 2.24) is 9.88 Å². The zero-order chi connectivity index (χ0) is 24.2. The molecule has 0 saturated heterocycles. The van der Waals surface area contributed by atoms with Crippen LogP contribution in [0, 0.1) is 0 Å². The maximum atomic E-state index is 13.0. The van der Waals surface area contributed by atoms with Gasteiger partial charge in [0.2, 0.25) is 0 Å². The third kappa shape index (κ3) is 5.22. The lowest BCUT2D eigenvalue weighted by atomic mass is 10.1. The number of nitrogens with one attached hydrogen (secondary N) is 2. The molecule has 0 amide bonds. The van der Waals surface area contributed by atoms with Gasteiger partial charge in [-0.05, 0) is 54.2 Å². The van der Waals surface area contributed by atoms with Gasteiger partial charge in [-0.3, -0.25) is 4.79 Å². The maximum absolute atomic E-state index is 13.0. The van der Waals surface area contributed by atoms with Crippen molar-refractivity contribution in [3.63, 3.8) is 0 Å². The van der Waals surface area contributed by atoms with Crippen molar-refractivity contribution in [2.45, 2.75) is 13.1 Å². The molecule has 178 valence electrons. The molecule has 5 rings (SSSR count). The van der Waals surface area contributed by atoms with Gasteiger partial charge in [0.05, 0.1) is 19.2 Å². The summed E-state index contributed by atoms with van der Waals surface area (Å²) in [6.07, 6.45) is 0. The zero-order valence-electron chi connectivity index (χ0n) is 19.2. The zero-order valence-corrected chi connectivity index (χ0v) is 20.1. The van der Waals surface area contributed by atoms with Crippen molar-refractivity contribution >= 4 is 33.9 Å². The van der Waals surface area contributed by atoms with Gasteiger partial charge in [-0.2, -0.15) is 0 Å². The van der Waals surface area contributed by atoms with Crippen LogP contribution >= 0.6 is 12.2 Å². The molecule has 0 unspecified atom stereocenters. The molecular formula is C27H25N3O4S. The van der Waals surface area contributed by atoms with Crippen molar-refractivity contribution in [1.29, 1.82) is 0 Å². The molecule has 2 heterocycles. The summed E-state index contributed by atoms with van der Waals surface area (Å²) in [5.41, 5.74) is 3.05. The standard InChI is InChI=1S/C27H25N3O4S/c1-32-22-9-7-18(8-10-22)16-30(27(35)28-21-5-3-2-4-6-21)17-20-13-19-14-24-25(34-12-11-33-24)15-23(19)29-26(20)31/h2-10,13-15H,11-12,16-17H2,1H3,(H,28,35)(H,29,31). The van der Waals surface area contributed by atoms with Crippen LogP contribution in [0.1, 0.15) is 11.1 Å². The summed E-state index contributed by atoms with van der Waals surface area (Å²) in [4.78, 5) is 18.0. The number of H-pyrrole nitrogens is 1. The van der Waals surface area contributed by atoms with Crippen LogP contribution in [0.2, 0.25) is 0 Å². The molecule has 0 fully saturated rings. The number of nitrogens with zero attached hydrogens (tertiary/aromatic N) is 1. The first-order valence-corrected chi connectivity index (χ1v) is 11.7. The number of rotatable bonds is 6. The number of fused-ring (bicyclic) bond motifs is 2. The largest absolute Gasteiger partial charge is 0.497 e. The second kappa shape index (κ2) is 10.1. The van der Waals surface area contributed by atoms with E-state index in [4.69, 9.17) is 26.4 Å². The summed E-state index contributed by atoms with van der Waals surface area (Å²) in [5, 5.41) is 4.68. The number of ether oxygens (including phenoxy) is 3. The molecule has 3 aromatic carbocycles. The second-order valence-corrected chi connectivity index (χ2v) is 8.59. The molecule has 8 heteroatoms. The first kappa shape index (κ1) is 22.7. The lowest BCUT2D eigenvalue weighted by Gasteiger charge is -2.26. The number of hydrogen-bond acceptors (Lipinski definition) is 5. The molecule has 0 radical (unpaired) electrons. The smallest absolute Gasteiger partial charge is 0.253 e. The van der Waals surface area contributed by atoms with E-state index in [0.717, 1.165) is 22.4 Å². The highest BCUT2D eigenvalue weighted by molar-refractivity contribution is 7.80. The van der Waals surface area contributed by atoms with E-state index in [9.17, 15) is 4.79 Å². The average molecular weight is 488 g/mol. The van der Waals surface area contributed by atoms with Gasteiger partial charge in [-0.25, -0.2) is 0 Å². The molecule has 1 aromatic heterocycles. The van der Waals surface area contributed by atoms with Gasteiger partial charge in [-0.1, -0.05) is 30.3 Å². The van der Waals surface area contributed by atoms with Crippen LogP contribution in [0.25, 0.3) is 10.9 Å². The van der Waals surface area contributed by atoms with Gasteiger partial charge in [0.15, 0.2) is 16.6 Å². The Balaban J connectivity index is 1.45. The topological polar surface area (TPSA) is 75.8 Å². The number of methoxy groups -OCH3 is 1. The molecule has 1 aliphatic rings. The summed E-state index contributed by atoms with van der Waals surface area (Å²) < 4.78 is 16.6. The monoisotopic (exact) mass is 487 g/mol. The first-order valence-electron chi connectivity index (χ1n) is 11.3. The summed E-state index contributed by atoms with van der Waals surface area (Å²) in [6.45, 7) is 1.84. The second-order valence-electron chi connectivity index (χ2n) is 8.21. The van der Waals surface area contributed by atoms with Crippen LogP contribution in [0.3, 0.4) is 0 Å². The molecule has 1 aliphatic heterocycles. The molecule has 0 atom stereocenters. The fourth-order valence-corrected chi connectivity index (χ4v) is 4.23. The molecular weight excluding hydrogens is 462 g/mol. The SMILES string of the molecule is COc1ccc(CN(Cc2cc3cc4c(cc3[nH]c2=O)OCCO4)C(=S)Nc2ccccc2)cc1. The third-order valence-corrected chi connectivity index (χ3v) is 6.15. The Bertz CT molecular complexity index is 1400. The average Bonchev–Trinajstić information content (AvgIpc) is 2.88. The van der Waals surface area contributed by atoms with Crippen molar-refractivity contribution in [2.75, 3.05) is 25.6 Å². The number of hydrogen-bond donors (Lipinski definition) is 2. The Labute approximate surface area is 208 Å². The van der Waals surface area contributed by atoms with Crippen LogP contribution in [-0.4, -0.2) is 35.3 Å². The highest BCUT2D eigenvalue weighted by atomic mass is 32.1. The van der Waals surface area contributed by atoms with Crippen LogP contribution in [0.4, 0.5) is 5.69 Å². The number of anilines is 1. The molecule has 4 aromatic rings. The van der Waals surface area contributed by atoms with E-state index in [1.54, 1.807) is 7.11 Å².